The number of nitrogens with one attached hydrogen (secondary N) is 6. The Morgan fingerprint density at radius 2 is 0.977 bits per heavy atom. The molecule has 6 amide bonds. The van der Waals surface area contributed by atoms with E-state index < -0.39 is 88.3 Å². The molecular formula is C60H56F4N12O10. The lowest BCUT2D eigenvalue weighted by molar-refractivity contribution is 0.00676. The first-order chi connectivity index (χ1) is 40.8. The van der Waals surface area contributed by atoms with Crippen molar-refractivity contribution in [2.45, 2.75) is 91.1 Å². The van der Waals surface area contributed by atoms with E-state index in [2.05, 4.69) is 52.1 Å². The predicted octanol–water partition coefficient (Wildman–Crippen LogP) is 6.70. The number of esters is 1. The summed E-state index contributed by atoms with van der Waals surface area (Å²) in [5, 5.41) is 33.8. The number of aromatic carboxylic acids is 1. The van der Waals surface area contributed by atoms with Crippen molar-refractivity contribution in [3.8, 4) is 0 Å². The highest BCUT2D eigenvalue weighted by Crippen LogP contribution is 2.37. The molecule has 0 radical (unpaired) electrons. The predicted molar refractivity (Wildman–Crippen MR) is 299 cm³/mol. The Bertz CT molecular complexity index is 4140. The number of halogens is 4. The van der Waals surface area contributed by atoms with Crippen LogP contribution >= 0.6 is 0 Å². The Hall–Kier alpha value is -10.4. The van der Waals surface area contributed by atoms with Crippen molar-refractivity contribution >= 4 is 58.7 Å². The standard InChI is InChI=1S/C32H32F2N6O5.C28H24F2N6O5/c1-16-18-9-11-24(20(18)8-7-19(16)31(44)45-32(2,3)4)39-30(43)26-13-25(38-27-21(28(41)35-5)15-37-40(26)27)29(42)36-14-17-6-10-22(33)23(34)12-17;1-13-15-6-8-21(17(15)5-4-16(13)28(40)41)35-27(39)23-10-22(34-24-18(25(37)31-2)12-33-36(23)24)26(38)32-11-14-3-7-19(29)20(30)9-14/h6-8,10,12-13,15,24H,9,11,14H2,1-5H3,(H,35,41)(H,36,42)(H,39,43);3-5,7,9-10,12,21H,6,8,11H2,1-2H3,(H,31,37)(H,32,38)(H,35,39)(H,40,41)/t24-;21-/m00/s1. The number of ether oxygens (including phenoxy) is 1. The second kappa shape index (κ2) is 24.4. The van der Waals surface area contributed by atoms with E-state index in [1.807, 2.05) is 6.92 Å². The number of rotatable bonds is 14. The number of benzene rings is 4. The number of amides is 6. The highest BCUT2D eigenvalue weighted by molar-refractivity contribution is 6.04. The molecule has 0 unspecified atom stereocenters. The number of hydrogen-bond acceptors (Lipinski definition) is 13. The smallest absolute Gasteiger partial charge is 0.338 e. The van der Waals surface area contributed by atoms with E-state index in [1.54, 1.807) is 45.9 Å². The lowest BCUT2D eigenvalue weighted by Crippen LogP contribution is -2.31. The maximum absolute atomic E-state index is 13.7. The molecule has 0 bridgehead atoms. The van der Waals surface area contributed by atoms with Crippen molar-refractivity contribution in [2.75, 3.05) is 14.1 Å². The van der Waals surface area contributed by atoms with Crippen molar-refractivity contribution in [3.05, 3.63) is 198 Å². The second-order valence-electron chi connectivity index (χ2n) is 21.2. The third kappa shape index (κ3) is 12.4. The van der Waals surface area contributed by atoms with Gasteiger partial charge in [-0.15, -0.1) is 0 Å². The number of carbonyl (C=O) groups excluding carboxylic acids is 7. The molecule has 22 nitrogen and oxygen atoms in total. The van der Waals surface area contributed by atoms with Crippen LogP contribution in [0.5, 0.6) is 0 Å². The molecule has 4 heterocycles. The van der Waals surface area contributed by atoms with E-state index in [0.717, 1.165) is 56.6 Å². The van der Waals surface area contributed by atoms with Gasteiger partial charge in [-0.05, 0) is 141 Å². The van der Waals surface area contributed by atoms with E-state index in [0.29, 0.717) is 47.9 Å². The van der Waals surface area contributed by atoms with Crippen molar-refractivity contribution in [1.29, 1.82) is 0 Å². The van der Waals surface area contributed by atoms with Gasteiger partial charge < -0.3 is 41.7 Å². The minimum atomic E-state index is -1.06. The van der Waals surface area contributed by atoms with Gasteiger partial charge in [0.1, 0.15) is 39.5 Å². The highest BCUT2D eigenvalue weighted by Gasteiger charge is 2.33. The summed E-state index contributed by atoms with van der Waals surface area (Å²) in [6, 6.07) is 14.8. The first-order valence-corrected chi connectivity index (χ1v) is 26.8. The van der Waals surface area contributed by atoms with Crippen LogP contribution in [-0.4, -0.2) is 101 Å². The molecule has 0 spiro atoms. The molecule has 0 saturated carbocycles. The molecule has 4 aromatic heterocycles. The minimum Gasteiger partial charge on any atom is -0.478 e. The average Bonchev–Trinajstić information content (AvgIpc) is 4.00. The Labute approximate surface area is 487 Å². The van der Waals surface area contributed by atoms with E-state index >= 15 is 0 Å². The Kier molecular flexibility index (Phi) is 17.1. The number of carboxylic acid groups (broad SMARTS) is 1. The van der Waals surface area contributed by atoms with Crippen LogP contribution in [0.15, 0.2) is 85.2 Å². The zero-order valence-electron chi connectivity index (χ0n) is 47.3. The molecule has 0 fully saturated rings. The van der Waals surface area contributed by atoms with E-state index in [9.17, 15) is 61.0 Å². The lowest BCUT2D eigenvalue weighted by Gasteiger charge is -2.21. The Balaban J connectivity index is 0.000000206. The maximum atomic E-state index is 13.7. The van der Waals surface area contributed by atoms with Gasteiger partial charge in [0, 0.05) is 39.3 Å². The van der Waals surface area contributed by atoms with Crippen LogP contribution < -0.4 is 31.9 Å². The summed E-state index contributed by atoms with van der Waals surface area (Å²) in [5.41, 5.74) is 4.98. The fraction of sp³-hybridized carbons (Fsp3) is 0.267. The highest BCUT2D eigenvalue weighted by atomic mass is 19.2. The van der Waals surface area contributed by atoms with Crippen LogP contribution in [0.4, 0.5) is 17.6 Å². The van der Waals surface area contributed by atoms with E-state index in [4.69, 9.17) is 4.74 Å². The van der Waals surface area contributed by atoms with Gasteiger partial charge in [-0.25, -0.2) is 46.1 Å². The van der Waals surface area contributed by atoms with Crippen LogP contribution in [-0.2, 0) is 30.7 Å². The van der Waals surface area contributed by atoms with Crippen LogP contribution in [0, 0.1) is 37.1 Å². The summed E-state index contributed by atoms with van der Waals surface area (Å²) in [7, 11) is 2.83. The largest absolute Gasteiger partial charge is 0.478 e. The van der Waals surface area contributed by atoms with Gasteiger partial charge in [-0.3, -0.25) is 28.8 Å². The van der Waals surface area contributed by atoms with Gasteiger partial charge in [-0.1, -0.05) is 24.3 Å². The van der Waals surface area contributed by atoms with Crippen LogP contribution in [0.25, 0.3) is 11.3 Å². The van der Waals surface area contributed by atoms with Gasteiger partial charge in [0.25, 0.3) is 35.4 Å². The summed E-state index contributed by atoms with van der Waals surface area (Å²) in [6.45, 7) is 8.69. The van der Waals surface area contributed by atoms with Crippen molar-refractivity contribution in [2.24, 2.45) is 0 Å². The van der Waals surface area contributed by atoms with Crippen LogP contribution in [0.1, 0.15) is 174 Å². The van der Waals surface area contributed by atoms with Gasteiger partial charge >= 0.3 is 11.9 Å². The van der Waals surface area contributed by atoms with Gasteiger partial charge in [0.2, 0.25) is 0 Å². The summed E-state index contributed by atoms with van der Waals surface area (Å²) >= 11 is 0. The quantitative estimate of drug-likeness (QED) is 0.0441. The summed E-state index contributed by atoms with van der Waals surface area (Å²) in [6.07, 6.45) is 4.76. The third-order valence-corrected chi connectivity index (χ3v) is 14.5. The van der Waals surface area contributed by atoms with Gasteiger partial charge in [0.05, 0.1) is 35.6 Å². The minimum absolute atomic E-state index is 0.0235. The number of carboxylic acids is 1. The first-order valence-electron chi connectivity index (χ1n) is 26.8. The summed E-state index contributed by atoms with van der Waals surface area (Å²) < 4.78 is 61.7. The van der Waals surface area contributed by atoms with Crippen molar-refractivity contribution in [3.63, 3.8) is 0 Å². The molecule has 2 aliphatic rings. The zero-order chi connectivity index (χ0) is 62.1. The summed E-state index contributed by atoms with van der Waals surface area (Å²) in [4.78, 5) is 111. The second-order valence-corrected chi connectivity index (χ2v) is 21.2. The molecule has 26 heteroatoms. The molecule has 8 aromatic rings. The zero-order valence-corrected chi connectivity index (χ0v) is 47.3. The molecule has 4 aromatic carbocycles. The topological polar surface area (TPSA) is 299 Å². The number of carbonyl (C=O) groups is 8. The Morgan fingerprint density at radius 3 is 1.37 bits per heavy atom. The fourth-order valence-corrected chi connectivity index (χ4v) is 10.2. The Morgan fingerprint density at radius 1 is 0.558 bits per heavy atom. The number of fused-ring (bicyclic) bond motifs is 4. The summed E-state index contributed by atoms with van der Waals surface area (Å²) in [5.74, 6) is -9.27. The molecular weight excluding hydrogens is 1120 g/mol. The monoisotopic (exact) mass is 1180 g/mol. The molecule has 86 heavy (non-hydrogen) atoms. The average molecular weight is 1180 g/mol. The van der Waals surface area contributed by atoms with Crippen molar-refractivity contribution in [1.82, 2.24) is 61.1 Å². The van der Waals surface area contributed by atoms with Crippen LogP contribution in [0.3, 0.4) is 0 Å². The number of nitrogens with zero attached hydrogens (tertiary/aromatic N) is 6. The van der Waals surface area contributed by atoms with E-state index in [1.165, 1.54) is 61.3 Å². The van der Waals surface area contributed by atoms with Crippen molar-refractivity contribution < 1.29 is 65.8 Å². The molecule has 10 rings (SSSR count). The first kappa shape index (κ1) is 60.2. The van der Waals surface area contributed by atoms with Gasteiger partial charge in [0.15, 0.2) is 34.6 Å². The third-order valence-electron chi connectivity index (χ3n) is 14.5. The lowest BCUT2D eigenvalue weighted by atomic mass is 9.97. The molecule has 2 aliphatic carbocycles. The number of aromatic nitrogens is 6. The molecule has 2 atom stereocenters. The van der Waals surface area contributed by atoms with Gasteiger partial charge in [-0.2, -0.15) is 10.2 Å². The fourth-order valence-electron chi connectivity index (χ4n) is 10.2. The number of hydrogen-bond donors (Lipinski definition) is 7. The molecule has 444 valence electrons. The SMILES string of the molecule is CNC(=O)c1cnn2c(C(=O)N[C@H]3CCc4c3ccc(C(=O)O)c4C)cc(C(=O)NCc3ccc(F)c(F)c3)nc12.CNC(=O)c1cnn2c(C(=O)N[C@H]3CCc4c3ccc(C(=O)OC(C)(C)C)c4C)cc(C(=O)NCc3ccc(F)c(F)c3)nc12. The molecule has 7 N–H and O–H groups in total. The normalized spacial score (nSPS) is 14.1. The maximum Gasteiger partial charge on any atom is 0.338 e. The van der Waals surface area contributed by atoms with E-state index in [-0.39, 0.29) is 63.8 Å². The molecule has 0 saturated heterocycles. The molecule has 0 aliphatic heterocycles. The van der Waals surface area contributed by atoms with Crippen LogP contribution in [0.2, 0.25) is 0 Å².